The van der Waals surface area contributed by atoms with Crippen molar-refractivity contribution in [2.24, 2.45) is 0 Å². The van der Waals surface area contributed by atoms with Crippen LogP contribution in [0, 0.1) is 0 Å². The van der Waals surface area contributed by atoms with E-state index in [0.29, 0.717) is 0 Å². The van der Waals surface area contributed by atoms with Gasteiger partial charge in [-0.3, -0.25) is 4.79 Å². The Hall–Kier alpha value is -0.440. The van der Waals surface area contributed by atoms with Gasteiger partial charge in [0, 0.05) is 29.7 Å². The van der Waals surface area contributed by atoms with E-state index in [4.69, 9.17) is 0 Å². The van der Waals surface area contributed by atoms with Gasteiger partial charge in [0.15, 0.2) is 0 Å². The third kappa shape index (κ3) is 3.37. The summed E-state index contributed by atoms with van der Waals surface area (Å²) < 4.78 is 0.212. The predicted molar refractivity (Wildman–Crippen MR) is 62.5 cm³/mol. The molecule has 1 saturated heterocycles. The summed E-state index contributed by atoms with van der Waals surface area (Å²) in [6.07, 6.45) is 1.73. The molecule has 14 heavy (non-hydrogen) atoms. The Balaban J connectivity index is 2.61. The monoisotopic (exact) mass is 213 g/mol. The average Bonchev–Trinajstić information content (AvgIpc) is 2.01. The first kappa shape index (κ1) is 11.6. The van der Waals surface area contributed by atoms with E-state index in [9.17, 15) is 4.79 Å². The van der Waals surface area contributed by atoms with Crippen LogP contribution in [-0.4, -0.2) is 34.4 Å². The summed E-state index contributed by atoms with van der Waals surface area (Å²) in [6, 6.07) is 0. The van der Waals surface area contributed by atoms with Gasteiger partial charge in [0.05, 0.1) is 0 Å². The SMILES string of the molecule is CC(C)=CC(=O)N1CCSC(C)(C)C1. The molecule has 0 aromatic rings. The third-order valence-corrected chi connectivity index (χ3v) is 3.45. The molecule has 0 saturated carbocycles. The molecule has 0 atom stereocenters. The van der Waals surface area contributed by atoms with Crippen molar-refractivity contribution in [2.75, 3.05) is 18.8 Å². The molecule has 1 heterocycles. The van der Waals surface area contributed by atoms with Crippen LogP contribution >= 0.6 is 11.8 Å². The smallest absolute Gasteiger partial charge is 0.246 e. The molecule has 0 unspecified atom stereocenters. The number of carbonyl (C=O) groups is 1. The minimum absolute atomic E-state index is 0.165. The van der Waals surface area contributed by atoms with E-state index < -0.39 is 0 Å². The molecule has 0 aliphatic carbocycles. The van der Waals surface area contributed by atoms with E-state index in [1.165, 1.54) is 0 Å². The van der Waals surface area contributed by atoms with Crippen LogP contribution in [0.2, 0.25) is 0 Å². The molecule has 0 aromatic carbocycles. The zero-order valence-electron chi connectivity index (χ0n) is 9.46. The third-order valence-electron chi connectivity index (χ3n) is 2.15. The number of nitrogens with zero attached hydrogens (tertiary/aromatic N) is 1. The highest BCUT2D eigenvalue weighted by Gasteiger charge is 2.28. The Morgan fingerprint density at radius 2 is 2.07 bits per heavy atom. The van der Waals surface area contributed by atoms with Gasteiger partial charge < -0.3 is 4.90 Å². The van der Waals surface area contributed by atoms with E-state index in [1.54, 1.807) is 6.08 Å². The van der Waals surface area contributed by atoms with E-state index in [0.717, 1.165) is 24.4 Å². The largest absolute Gasteiger partial charge is 0.337 e. The number of rotatable bonds is 1. The Morgan fingerprint density at radius 1 is 1.43 bits per heavy atom. The topological polar surface area (TPSA) is 20.3 Å². The molecule has 1 amide bonds. The highest BCUT2D eigenvalue weighted by atomic mass is 32.2. The van der Waals surface area contributed by atoms with Gasteiger partial charge in [-0.1, -0.05) is 5.57 Å². The quantitative estimate of drug-likeness (QED) is 0.623. The molecule has 1 aliphatic heterocycles. The molecule has 1 fully saturated rings. The lowest BCUT2D eigenvalue weighted by Crippen LogP contribution is -2.45. The fourth-order valence-electron chi connectivity index (χ4n) is 1.54. The van der Waals surface area contributed by atoms with Crippen molar-refractivity contribution < 1.29 is 4.79 Å². The van der Waals surface area contributed by atoms with Crippen molar-refractivity contribution in [3.8, 4) is 0 Å². The Labute approximate surface area is 90.7 Å². The number of thioether (sulfide) groups is 1. The summed E-state index contributed by atoms with van der Waals surface area (Å²) in [4.78, 5) is 13.7. The van der Waals surface area contributed by atoms with Crippen molar-refractivity contribution in [1.29, 1.82) is 0 Å². The zero-order chi connectivity index (χ0) is 10.8. The normalized spacial score (nSPS) is 20.4. The Morgan fingerprint density at radius 3 is 2.57 bits per heavy atom. The second kappa shape index (κ2) is 4.39. The maximum Gasteiger partial charge on any atom is 0.246 e. The lowest BCUT2D eigenvalue weighted by molar-refractivity contribution is -0.126. The van der Waals surface area contributed by atoms with Crippen molar-refractivity contribution in [1.82, 2.24) is 4.90 Å². The second-order valence-corrected chi connectivity index (χ2v) is 6.39. The van der Waals surface area contributed by atoms with Gasteiger partial charge in [-0.2, -0.15) is 11.8 Å². The van der Waals surface area contributed by atoms with Gasteiger partial charge in [0.25, 0.3) is 0 Å². The lowest BCUT2D eigenvalue weighted by atomic mass is 10.2. The minimum atomic E-state index is 0.165. The zero-order valence-corrected chi connectivity index (χ0v) is 10.3. The van der Waals surface area contributed by atoms with Gasteiger partial charge in [-0.15, -0.1) is 0 Å². The van der Waals surface area contributed by atoms with Crippen LogP contribution in [-0.2, 0) is 4.79 Å². The Kier molecular flexibility index (Phi) is 3.65. The molecule has 1 rings (SSSR count). The molecule has 0 N–H and O–H groups in total. The fourth-order valence-corrected chi connectivity index (χ4v) is 2.65. The molecule has 0 radical (unpaired) electrons. The first-order valence-corrected chi connectivity index (χ1v) is 5.97. The van der Waals surface area contributed by atoms with Crippen molar-refractivity contribution in [3.05, 3.63) is 11.6 Å². The number of amides is 1. The molecule has 0 bridgehead atoms. The molecule has 1 aliphatic rings. The van der Waals surface area contributed by atoms with E-state index in [2.05, 4.69) is 13.8 Å². The standard InChI is InChI=1S/C11H19NOS/c1-9(2)7-10(13)12-5-6-14-11(3,4)8-12/h7H,5-6,8H2,1-4H3. The fraction of sp³-hybridized carbons (Fsp3) is 0.727. The van der Waals surface area contributed by atoms with Crippen LogP contribution in [0.5, 0.6) is 0 Å². The first-order valence-electron chi connectivity index (χ1n) is 4.98. The van der Waals surface area contributed by atoms with E-state index in [-0.39, 0.29) is 10.7 Å². The first-order chi connectivity index (χ1) is 6.41. The molecule has 3 heteroatoms. The molecule has 0 aromatic heterocycles. The molecule has 0 spiro atoms. The van der Waals surface area contributed by atoms with Gasteiger partial charge in [0.1, 0.15) is 0 Å². The molecule has 80 valence electrons. The van der Waals surface area contributed by atoms with Crippen molar-refractivity contribution in [2.45, 2.75) is 32.4 Å². The maximum atomic E-state index is 11.7. The second-order valence-electron chi connectivity index (χ2n) is 4.59. The number of allylic oxidation sites excluding steroid dienone is 1. The maximum absolute atomic E-state index is 11.7. The highest BCUT2D eigenvalue weighted by molar-refractivity contribution is 8.00. The molecular weight excluding hydrogens is 194 g/mol. The van der Waals surface area contributed by atoms with Gasteiger partial charge in [-0.05, 0) is 27.7 Å². The minimum Gasteiger partial charge on any atom is -0.337 e. The summed E-state index contributed by atoms with van der Waals surface area (Å²) in [5.41, 5.74) is 1.08. The van der Waals surface area contributed by atoms with Crippen molar-refractivity contribution in [3.63, 3.8) is 0 Å². The summed E-state index contributed by atoms with van der Waals surface area (Å²) in [5.74, 6) is 1.22. The summed E-state index contributed by atoms with van der Waals surface area (Å²) in [5, 5.41) is 0. The van der Waals surface area contributed by atoms with Gasteiger partial charge in [0.2, 0.25) is 5.91 Å². The lowest BCUT2D eigenvalue weighted by Gasteiger charge is -2.37. The molecular formula is C11H19NOS. The van der Waals surface area contributed by atoms with Crippen molar-refractivity contribution >= 4 is 17.7 Å². The van der Waals surface area contributed by atoms with Crippen LogP contribution < -0.4 is 0 Å². The number of carbonyl (C=O) groups excluding carboxylic acids is 1. The molecule has 2 nitrogen and oxygen atoms in total. The summed E-state index contributed by atoms with van der Waals surface area (Å²) in [7, 11) is 0. The number of hydrogen-bond acceptors (Lipinski definition) is 2. The van der Waals surface area contributed by atoms with Crippen LogP contribution in [0.4, 0.5) is 0 Å². The Bertz CT molecular complexity index is 254. The summed E-state index contributed by atoms with van der Waals surface area (Å²) in [6.45, 7) is 10.1. The summed E-state index contributed by atoms with van der Waals surface area (Å²) >= 11 is 1.95. The van der Waals surface area contributed by atoms with Crippen LogP contribution in [0.25, 0.3) is 0 Å². The highest BCUT2D eigenvalue weighted by Crippen LogP contribution is 2.29. The van der Waals surface area contributed by atoms with Crippen LogP contribution in [0.3, 0.4) is 0 Å². The average molecular weight is 213 g/mol. The number of hydrogen-bond donors (Lipinski definition) is 0. The van der Waals surface area contributed by atoms with E-state index >= 15 is 0 Å². The van der Waals surface area contributed by atoms with Gasteiger partial charge in [-0.25, -0.2) is 0 Å². The van der Waals surface area contributed by atoms with Gasteiger partial charge >= 0.3 is 0 Å². The van der Waals surface area contributed by atoms with E-state index in [1.807, 2.05) is 30.5 Å². The predicted octanol–water partition coefficient (Wildman–Crippen LogP) is 2.31. The van der Waals surface area contributed by atoms with Crippen LogP contribution in [0.15, 0.2) is 11.6 Å². The van der Waals surface area contributed by atoms with Crippen LogP contribution in [0.1, 0.15) is 27.7 Å².